The molecule has 0 spiro atoms. The molecule has 0 saturated carbocycles. The molecule has 2 fully saturated rings. The Bertz CT molecular complexity index is 349. The average Bonchev–Trinajstić information content (AvgIpc) is 2.55. The fourth-order valence-electron chi connectivity index (χ4n) is 2.49. The summed E-state index contributed by atoms with van der Waals surface area (Å²) in [7, 11) is 0. The zero-order chi connectivity index (χ0) is 17.3. The second kappa shape index (κ2) is 7.89. The summed E-state index contributed by atoms with van der Waals surface area (Å²) < 4.78 is 10.5. The first-order valence-corrected chi connectivity index (χ1v) is 8.02. The topological polar surface area (TPSA) is 180 Å². The van der Waals surface area contributed by atoms with Gasteiger partial charge in [0, 0.05) is 0 Å². The van der Waals surface area contributed by atoms with Gasteiger partial charge in [-0.1, -0.05) is 11.8 Å². The largest absolute Gasteiger partial charge is 0.394 e. The molecular weight excluding hydrogens is 336 g/mol. The van der Waals surface area contributed by atoms with Crippen LogP contribution in [0.5, 0.6) is 0 Å². The van der Waals surface area contributed by atoms with E-state index in [1.807, 2.05) is 0 Å². The highest BCUT2D eigenvalue weighted by Crippen LogP contribution is 2.36. The third kappa shape index (κ3) is 3.80. The van der Waals surface area contributed by atoms with Crippen LogP contribution in [0.3, 0.4) is 0 Å². The Morgan fingerprint density at radius 3 is 1.22 bits per heavy atom. The fraction of sp³-hybridized carbons (Fsp3) is 1.00. The normalized spacial score (nSPS) is 51.7. The lowest BCUT2D eigenvalue weighted by Crippen LogP contribution is -2.60. The Labute approximate surface area is 135 Å². The molecule has 136 valence electrons. The van der Waals surface area contributed by atoms with Crippen LogP contribution in [0.2, 0.25) is 0 Å². The van der Waals surface area contributed by atoms with Gasteiger partial charge in [-0.2, -0.15) is 0 Å². The molecule has 0 aliphatic carbocycles. The molecule has 23 heavy (non-hydrogen) atoms. The number of ether oxygens (including phenoxy) is 2. The molecule has 0 unspecified atom stereocenters. The number of aliphatic hydroxyl groups excluding tert-OH is 8. The van der Waals surface area contributed by atoms with Crippen LogP contribution in [0.4, 0.5) is 0 Å². The average molecular weight is 358 g/mol. The zero-order valence-electron chi connectivity index (χ0n) is 12.0. The first-order chi connectivity index (χ1) is 10.8. The van der Waals surface area contributed by atoms with Crippen LogP contribution in [0.1, 0.15) is 0 Å². The molecule has 2 rings (SSSR count). The molecule has 8 N–H and O–H groups in total. The van der Waals surface area contributed by atoms with Gasteiger partial charge in [-0.15, -0.1) is 0 Å². The van der Waals surface area contributed by atoms with Crippen molar-refractivity contribution in [3.05, 3.63) is 0 Å². The maximum atomic E-state index is 9.94. The first kappa shape index (κ1) is 19.3. The minimum Gasteiger partial charge on any atom is -0.394 e. The van der Waals surface area contributed by atoms with Gasteiger partial charge in [-0.05, 0) is 0 Å². The lowest BCUT2D eigenvalue weighted by Gasteiger charge is -2.44. The van der Waals surface area contributed by atoms with Crippen LogP contribution in [0.15, 0.2) is 0 Å². The molecule has 0 amide bonds. The van der Waals surface area contributed by atoms with E-state index in [1.165, 1.54) is 0 Å². The number of thioether (sulfide) groups is 1. The summed E-state index contributed by atoms with van der Waals surface area (Å²) in [5.41, 5.74) is -2.35. The molecule has 2 saturated heterocycles. The van der Waals surface area contributed by atoms with Crippen LogP contribution >= 0.6 is 11.8 Å². The van der Waals surface area contributed by atoms with Crippen LogP contribution < -0.4 is 0 Å². The molecule has 0 aromatic heterocycles. The fourth-order valence-corrected chi connectivity index (χ4v) is 3.81. The lowest BCUT2D eigenvalue weighted by atomic mass is 10.0. The van der Waals surface area contributed by atoms with E-state index >= 15 is 0 Å². The van der Waals surface area contributed by atoms with Crippen molar-refractivity contribution in [2.24, 2.45) is 0 Å². The van der Waals surface area contributed by atoms with Crippen molar-refractivity contribution in [2.45, 2.75) is 59.7 Å². The van der Waals surface area contributed by atoms with E-state index in [-0.39, 0.29) is 0 Å². The van der Waals surface area contributed by atoms with Gasteiger partial charge >= 0.3 is 0 Å². The van der Waals surface area contributed by atoms with Gasteiger partial charge in [0.15, 0.2) is 0 Å². The number of hydrogen-bond acceptors (Lipinski definition) is 11. The van der Waals surface area contributed by atoms with E-state index in [0.29, 0.717) is 11.8 Å². The summed E-state index contributed by atoms with van der Waals surface area (Å²) >= 11 is 0.699. The van der Waals surface area contributed by atoms with Crippen molar-refractivity contribution in [1.82, 2.24) is 0 Å². The van der Waals surface area contributed by atoms with E-state index in [2.05, 4.69) is 0 Å². The minimum atomic E-state index is -1.58. The van der Waals surface area contributed by atoms with E-state index < -0.39 is 72.9 Å². The maximum Gasteiger partial charge on any atom is 0.134 e. The molecule has 2 heterocycles. The van der Waals surface area contributed by atoms with E-state index in [1.54, 1.807) is 0 Å². The summed E-state index contributed by atoms with van der Waals surface area (Å²) in [6.45, 7) is -1.20. The summed E-state index contributed by atoms with van der Waals surface area (Å²) in [6, 6.07) is 0. The lowest BCUT2D eigenvalue weighted by molar-refractivity contribution is -0.214. The second-order valence-corrected chi connectivity index (χ2v) is 6.73. The standard InChI is InChI=1S/C12H22O10S/c13-1-3-5(15)7(17)9(19)11(21-3)23-12-10(20)8(18)6(16)4(2-14)22-12/h3-20H,1-2H2/t3-,4-,5-,6-,7+,8+,9-,10-,11+,12+/m1/s1. The molecule has 0 radical (unpaired) electrons. The second-order valence-electron chi connectivity index (χ2n) is 5.53. The van der Waals surface area contributed by atoms with Gasteiger partial charge in [0.2, 0.25) is 0 Å². The molecule has 0 aromatic carbocycles. The highest BCUT2D eigenvalue weighted by atomic mass is 32.2. The van der Waals surface area contributed by atoms with Gasteiger partial charge in [0.05, 0.1) is 13.2 Å². The molecule has 11 heteroatoms. The Kier molecular flexibility index (Phi) is 6.61. The number of hydrogen-bond donors (Lipinski definition) is 8. The molecule has 10 nitrogen and oxygen atoms in total. The monoisotopic (exact) mass is 358 g/mol. The van der Waals surface area contributed by atoms with E-state index in [9.17, 15) is 30.6 Å². The van der Waals surface area contributed by atoms with Crippen molar-refractivity contribution >= 4 is 11.8 Å². The highest BCUT2D eigenvalue weighted by Gasteiger charge is 2.49. The Hall–Kier alpha value is -0.0500. The van der Waals surface area contributed by atoms with Crippen LogP contribution in [0.25, 0.3) is 0 Å². The predicted octanol–water partition coefficient (Wildman–Crippen LogP) is -4.68. The Morgan fingerprint density at radius 2 is 0.913 bits per heavy atom. The van der Waals surface area contributed by atoms with Gasteiger partial charge < -0.3 is 50.3 Å². The quantitative estimate of drug-likeness (QED) is 0.242. The Morgan fingerprint density at radius 1 is 0.565 bits per heavy atom. The van der Waals surface area contributed by atoms with Crippen molar-refractivity contribution in [3.63, 3.8) is 0 Å². The van der Waals surface area contributed by atoms with Gasteiger partial charge in [0.25, 0.3) is 0 Å². The van der Waals surface area contributed by atoms with E-state index in [0.717, 1.165) is 0 Å². The molecule has 0 bridgehead atoms. The number of aliphatic hydroxyl groups is 8. The molecule has 2 aliphatic rings. The van der Waals surface area contributed by atoms with Gasteiger partial charge in [0.1, 0.15) is 59.7 Å². The van der Waals surface area contributed by atoms with Crippen molar-refractivity contribution in [3.8, 4) is 0 Å². The van der Waals surface area contributed by atoms with Crippen LogP contribution in [-0.2, 0) is 9.47 Å². The molecule has 2 aliphatic heterocycles. The minimum absolute atomic E-state index is 0.601. The van der Waals surface area contributed by atoms with Crippen molar-refractivity contribution in [1.29, 1.82) is 0 Å². The first-order valence-electron chi connectivity index (χ1n) is 7.08. The summed E-state index contributed by atoms with van der Waals surface area (Å²) in [4.78, 5) is 0. The summed E-state index contributed by atoms with van der Waals surface area (Å²) in [5, 5.41) is 77.0. The Balaban J connectivity index is 2.07. The predicted molar refractivity (Wildman–Crippen MR) is 75.1 cm³/mol. The van der Waals surface area contributed by atoms with Crippen molar-refractivity contribution in [2.75, 3.05) is 13.2 Å². The smallest absolute Gasteiger partial charge is 0.134 e. The summed E-state index contributed by atoms with van der Waals surface area (Å²) in [6.07, 6.45) is -11.5. The third-order valence-electron chi connectivity index (χ3n) is 3.97. The highest BCUT2D eigenvalue weighted by molar-refractivity contribution is 8.00. The summed E-state index contributed by atoms with van der Waals surface area (Å²) in [5.74, 6) is 0. The molecule has 0 aromatic rings. The molecule has 10 atom stereocenters. The van der Waals surface area contributed by atoms with Crippen molar-refractivity contribution < 1.29 is 50.3 Å². The van der Waals surface area contributed by atoms with Crippen LogP contribution in [-0.4, -0.2) is 114 Å². The SMILES string of the molecule is OC[C@H]1O[C@@H](S[C@@H]2O[C@H](CO)[C@@H](O)[C@H](O)[C@H]2O)[C@H](O)[C@@H](O)[C@@H]1O. The maximum absolute atomic E-state index is 9.94. The van der Waals surface area contributed by atoms with Gasteiger partial charge in [-0.25, -0.2) is 0 Å². The number of rotatable bonds is 4. The molecular formula is C12H22O10S. The van der Waals surface area contributed by atoms with E-state index in [4.69, 9.17) is 19.7 Å². The van der Waals surface area contributed by atoms with Crippen LogP contribution in [0, 0.1) is 0 Å². The third-order valence-corrected chi connectivity index (χ3v) is 5.28. The van der Waals surface area contributed by atoms with Gasteiger partial charge in [-0.3, -0.25) is 0 Å². The zero-order valence-corrected chi connectivity index (χ0v) is 12.8.